The van der Waals surface area contributed by atoms with Gasteiger partial charge in [-0.1, -0.05) is 6.92 Å². The summed E-state index contributed by atoms with van der Waals surface area (Å²) < 4.78 is 1.83. The molecule has 0 aliphatic rings. The van der Waals surface area contributed by atoms with Gasteiger partial charge < -0.3 is 5.32 Å². The van der Waals surface area contributed by atoms with Gasteiger partial charge in [0, 0.05) is 31.3 Å². The molecule has 3 rings (SSSR count). The molecular formula is C17H18N6O. The van der Waals surface area contributed by atoms with E-state index < -0.39 is 0 Å². The molecular weight excluding hydrogens is 304 g/mol. The van der Waals surface area contributed by atoms with Gasteiger partial charge in [-0.05, 0) is 30.7 Å². The van der Waals surface area contributed by atoms with E-state index in [1.807, 2.05) is 15.9 Å². The number of pyridine rings is 2. The predicted octanol–water partition coefficient (Wildman–Crippen LogP) is 2.61. The summed E-state index contributed by atoms with van der Waals surface area (Å²) >= 11 is 0. The van der Waals surface area contributed by atoms with Gasteiger partial charge in [-0.25, -0.2) is 14.6 Å². The molecule has 0 spiro atoms. The molecule has 0 unspecified atom stereocenters. The number of hydrogen-bond donors (Lipinski definition) is 1. The molecule has 0 atom stereocenters. The fourth-order valence-corrected chi connectivity index (χ4v) is 2.35. The molecule has 3 heterocycles. The smallest absolute Gasteiger partial charge is 0.259 e. The molecule has 0 fully saturated rings. The molecule has 0 aromatic carbocycles. The first-order valence-electron chi connectivity index (χ1n) is 7.71. The van der Waals surface area contributed by atoms with E-state index in [4.69, 9.17) is 0 Å². The number of nitrogens with zero attached hydrogens (tertiary/aromatic N) is 5. The summed E-state index contributed by atoms with van der Waals surface area (Å²) in [5.74, 6) is 0.353. The summed E-state index contributed by atoms with van der Waals surface area (Å²) in [6.07, 6.45) is 11.1. The number of nitrogens with one attached hydrogen (secondary N) is 1. The van der Waals surface area contributed by atoms with Crippen LogP contribution in [-0.2, 0) is 0 Å². The summed E-state index contributed by atoms with van der Waals surface area (Å²) in [6.45, 7) is 2.78. The van der Waals surface area contributed by atoms with Gasteiger partial charge in [0.15, 0.2) is 5.82 Å². The Morgan fingerprint density at radius 2 is 2.08 bits per heavy atom. The molecule has 0 radical (unpaired) electrons. The van der Waals surface area contributed by atoms with E-state index in [-0.39, 0.29) is 5.91 Å². The first kappa shape index (κ1) is 15.7. The van der Waals surface area contributed by atoms with E-state index in [1.165, 1.54) is 0 Å². The van der Waals surface area contributed by atoms with Crippen LogP contribution < -0.4 is 10.3 Å². The van der Waals surface area contributed by atoms with Crippen LogP contribution in [-0.4, -0.2) is 32.1 Å². The molecule has 1 N–H and O–H groups in total. The molecule has 0 saturated heterocycles. The highest BCUT2D eigenvalue weighted by Crippen LogP contribution is 2.20. The maximum Gasteiger partial charge on any atom is 0.259 e. The fraction of sp³-hybridized carbons (Fsp3) is 0.176. The third kappa shape index (κ3) is 3.40. The van der Waals surface area contributed by atoms with Gasteiger partial charge in [0.25, 0.3) is 5.91 Å². The van der Waals surface area contributed by atoms with E-state index in [0.717, 1.165) is 6.42 Å². The van der Waals surface area contributed by atoms with Gasteiger partial charge in [0.2, 0.25) is 0 Å². The minimum absolute atomic E-state index is 0.229. The van der Waals surface area contributed by atoms with Crippen molar-refractivity contribution in [3.63, 3.8) is 0 Å². The van der Waals surface area contributed by atoms with Crippen LogP contribution in [0.25, 0.3) is 0 Å². The van der Waals surface area contributed by atoms with Crippen molar-refractivity contribution in [2.45, 2.75) is 13.3 Å². The third-order valence-corrected chi connectivity index (χ3v) is 3.40. The van der Waals surface area contributed by atoms with Gasteiger partial charge in [-0.2, -0.15) is 0 Å². The zero-order chi connectivity index (χ0) is 16.8. The molecule has 1 amide bonds. The average molecular weight is 322 g/mol. The third-order valence-electron chi connectivity index (χ3n) is 3.40. The largest absolute Gasteiger partial charge is 0.320 e. The van der Waals surface area contributed by atoms with Crippen molar-refractivity contribution in [1.29, 1.82) is 0 Å². The van der Waals surface area contributed by atoms with Crippen LogP contribution in [0.2, 0.25) is 0 Å². The molecule has 7 nitrogen and oxygen atoms in total. The van der Waals surface area contributed by atoms with Crippen molar-refractivity contribution in [2.75, 3.05) is 16.9 Å². The van der Waals surface area contributed by atoms with E-state index in [1.54, 1.807) is 55.4 Å². The quantitative estimate of drug-likeness (QED) is 0.755. The maximum absolute atomic E-state index is 12.7. The maximum atomic E-state index is 12.7. The number of hydrogen-bond acceptors (Lipinski definition) is 5. The summed E-state index contributed by atoms with van der Waals surface area (Å²) in [5, 5.41) is 4.77. The Bertz CT molecular complexity index is 788. The Kier molecular flexibility index (Phi) is 4.81. The first-order chi connectivity index (χ1) is 11.8. The Labute approximate surface area is 140 Å². The summed E-state index contributed by atoms with van der Waals surface area (Å²) in [4.78, 5) is 25.2. The number of carbonyl (C=O) groups excluding carboxylic acids is 1. The second-order valence-electron chi connectivity index (χ2n) is 5.14. The van der Waals surface area contributed by atoms with Gasteiger partial charge in [-0.15, -0.1) is 0 Å². The number of carbonyl (C=O) groups is 1. The molecule has 24 heavy (non-hydrogen) atoms. The summed E-state index contributed by atoms with van der Waals surface area (Å²) in [5.41, 5.74) is 1.13. The van der Waals surface area contributed by atoms with Gasteiger partial charge >= 0.3 is 0 Å². The van der Waals surface area contributed by atoms with Crippen molar-refractivity contribution in [2.24, 2.45) is 0 Å². The number of amides is 1. The lowest BCUT2D eigenvalue weighted by atomic mass is 10.2. The number of aromatic nitrogens is 4. The van der Waals surface area contributed by atoms with Crippen molar-refractivity contribution in [1.82, 2.24) is 19.6 Å². The lowest BCUT2D eigenvalue weighted by molar-refractivity contribution is 0.102. The van der Waals surface area contributed by atoms with Crippen molar-refractivity contribution < 1.29 is 4.79 Å². The molecule has 0 aliphatic heterocycles. The standard InChI is InChI=1S/C17H18N6O/c1-2-10-23(22-11-9-19-13-22)16-15(6-4-8-20-16)17(24)21-14-5-3-7-18-12-14/h3-9,11-13H,2,10H2,1H3,(H,21,24). The SMILES string of the molecule is CCCN(c1ncccc1C(=O)Nc1cccnc1)n1ccnc1. The second-order valence-corrected chi connectivity index (χ2v) is 5.14. The molecule has 0 saturated carbocycles. The summed E-state index contributed by atoms with van der Waals surface area (Å²) in [6, 6.07) is 7.07. The Hall–Kier alpha value is -3.22. The highest BCUT2D eigenvalue weighted by Gasteiger charge is 2.18. The van der Waals surface area contributed by atoms with Crippen LogP contribution in [0.1, 0.15) is 23.7 Å². The normalized spacial score (nSPS) is 10.4. The van der Waals surface area contributed by atoms with Crippen molar-refractivity contribution >= 4 is 17.4 Å². The van der Waals surface area contributed by atoms with Gasteiger partial charge in [-0.3, -0.25) is 14.8 Å². The van der Waals surface area contributed by atoms with Crippen LogP contribution in [0.4, 0.5) is 11.5 Å². The Morgan fingerprint density at radius 1 is 1.21 bits per heavy atom. The zero-order valence-electron chi connectivity index (χ0n) is 13.3. The first-order valence-corrected chi connectivity index (χ1v) is 7.71. The molecule has 3 aromatic rings. The van der Waals surface area contributed by atoms with Crippen LogP contribution in [0.3, 0.4) is 0 Å². The highest BCUT2D eigenvalue weighted by atomic mass is 16.1. The minimum Gasteiger partial charge on any atom is -0.320 e. The fourth-order valence-electron chi connectivity index (χ4n) is 2.35. The van der Waals surface area contributed by atoms with Crippen LogP contribution >= 0.6 is 0 Å². The molecule has 0 bridgehead atoms. The monoisotopic (exact) mass is 322 g/mol. The lowest BCUT2D eigenvalue weighted by Crippen LogP contribution is -2.32. The van der Waals surface area contributed by atoms with E-state index in [2.05, 4.69) is 27.2 Å². The zero-order valence-corrected chi connectivity index (χ0v) is 13.3. The Morgan fingerprint density at radius 3 is 2.79 bits per heavy atom. The second kappa shape index (κ2) is 7.36. The van der Waals surface area contributed by atoms with E-state index in [9.17, 15) is 4.79 Å². The molecule has 7 heteroatoms. The highest BCUT2D eigenvalue weighted by molar-refractivity contribution is 6.07. The number of anilines is 2. The number of rotatable bonds is 6. The summed E-state index contributed by atoms with van der Waals surface area (Å²) in [7, 11) is 0. The van der Waals surface area contributed by atoms with Gasteiger partial charge in [0.05, 0.1) is 17.4 Å². The molecule has 3 aromatic heterocycles. The van der Waals surface area contributed by atoms with Crippen molar-refractivity contribution in [3.05, 3.63) is 67.1 Å². The predicted molar refractivity (Wildman–Crippen MR) is 91.7 cm³/mol. The van der Waals surface area contributed by atoms with Crippen LogP contribution in [0.15, 0.2) is 61.6 Å². The van der Waals surface area contributed by atoms with Crippen LogP contribution in [0, 0.1) is 0 Å². The van der Waals surface area contributed by atoms with E-state index in [0.29, 0.717) is 23.6 Å². The number of imidazole rings is 1. The van der Waals surface area contributed by atoms with Crippen LogP contribution in [0.5, 0.6) is 0 Å². The average Bonchev–Trinajstić information content (AvgIpc) is 3.15. The minimum atomic E-state index is -0.229. The molecule has 0 aliphatic carbocycles. The van der Waals surface area contributed by atoms with E-state index >= 15 is 0 Å². The topological polar surface area (TPSA) is 75.9 Å². The molecule has 122 valence electrons. The van der Waals surface area contributed by atoms with Gasteiger partial charge in [0.1, 0.15) is 6.33 Å². The lowest BCUT2D eigenvalue weighted by Gasteiger charge is -2.25. The van der Waals surface area contributed by atoms with Crippen molar-refractivity contribution in [3.8, 4) is 0 Å². The Balaban J connectivity index is 1.93.